The van der Waals surface area contributed by atoms with Crippen LogP contribution in [-0.4, -0.2) is 37.9 Å². The molecule has 0 radical (unpaired) electrons. The molecule has 1 aromatic rings. The Bertz CT molecular complexity index is 302. The van der Waals surface area contributed by atoms with Crippen molar-refractivity contribution in [3.05, 3.63) is 18.7 Å². The van der Waals surface area contributed by atoms with Crippen molar-refractivity contribution in [2.75, 3.05) is 18.1 Å². The van der Waals surface area contributed by atoms with Crippen LogP contribution < -0.4 is 5.32 Å². The van der Waals surface area contributed by atoms with Crippen LogP contribution in [0.15, 0.2) is 18.7 Å². The lowest BCUT2D eigenvalue weighted by Gasteiger charge is -2.22. The third kappa shape index (κ3) is 3.43. The molecule has 4 nitrogen and oxygen atoms in total. The van der Waals surface area contributed by atoms with Crippen molar-refractivity contribution in [1.82, 2.24) is 14.9 Å². The predicted octanol–water partition coefficient (Wildman–Crippen LogP) is 0.384. The highest BCUT2D eigenvalue weighted by Crippen LogP contribution is 2.08. The van der Waals surface area contributed by atoms with E-state index < -0.39 is 10.8 Å². The molecule has 0 unspecified atom stereocenters. The summed E-state index contributed by atoms with van der Waals surface area (Å²) in [6.07, 6.45) is 7.70. The van der Waals surface area contributed by atoms with E-state index in [0.29, 0.717) is 6.04 Å². The van der Waals surface area contributed by atoms with E-state index in [-0.39, 0.29) is 0 Å². The Hall–Kier alpha value is -0.680. The number of imidazole rings is 1. The van der Waals surface area contributed by atoms with Crippen LogP contribution in [0.1, 0.15) is 12.8 Å². The zero-order chi connectivity index (χ0) is 10.5. The molecule has 5 heteroatoms. The van der Waals surface area contributed by atoms with Crippen LogP contribution in [0.3, 0.4) is 0 Å². The van der Waals surface area contributed by atoms with Crippen LogP contribution in [0, 0.1) is 0 Å². The van der Waals surface area contributed by atoms with E-state index >= 15 is 0 Å². The molecule has 2 rings (SSSR count). The van der Waals surface area contributed by atoms with Gasteiger partial charge in [0.1, 0.15) is 0 Å². The van der Waals surface area contributed by atoms with E-state index in [1.165, 1.54) is 0 Å². The van der Waals surface area contributed by atoms with Crippen molar-refractivity contribution >= 4 is 10.8 Å². The molecule has 1 N–H and O–H groups in total. The minimum Gasteiger partial charge on any atom is -0.336 e. The molecule has 0 atom stereocenters. The molecule has 84 valence electrons. The Kier molecular flexibility index (Phi) is 3.91. The average Bonchev–Trinajstić information content (AvgIpc) is 2.74. The Labute approximate surface area is 92.5 Å². The Balaban J connectivity index is 1.64. The van der Waals surface area contributed by atoms with E-state index in [0.717, 1.165) is 37.4 Å². The molecule has 15 heavy (non-hydrogen) atoms. The highest BCUT2D eigenvalue weighted by Gasteiger charge is 2.16. The fourth-order valence-electron chi connectivity index (χ4n) is 1.81. The van der Waals surface area contributed by atoms with Crippen molar-refractivity contribution in [3.63, 3.8) is 0 Å². The van der Waals surface area contributed by atoms with Crippen molar-refractivity contribution in [2.45, 2.75) is 25.4 Å². The van der Waals surface area contributed by atoms with Crippen molar-refractivity contribution in [1.29, 1.82) is 0 Å². The molecule has 1 aliphatic rings. The van der Waals surface area contributed by atoms with Crippen LogP contribution in [0.25, 0.3) is 0 Å². The van der Waals surface area contributed by atoms with E-state index in [2.05, 4.69) is 14.9 Å². The maximum Gasteiger partial charge on any atom is 0.0946 e. The molecule has 1 aromatic heterocycles. The van der Waals surface area contributed by atoms with Crippen LogP contribution in [0.4, 0.5) is 0 Å². The van der Waals surface area contributed by atoms with Crippen LogP contribution in [0.2, 0.25) is 0 Å². The third-order valence-electron chi connectivity index (χ3n) is 2.75. The zero-order valence-electron chi connectivity index (χ0n) is 8.76. The molecule has 1 saturated heterocycles. The first-order valence-corrected chi connectivity index (χ1v) is 6.87. The van der Waals surface area contributed by atoms with Gasteiger partial charge < -0.3 is 9.88 Å². The van der Waals surface area contributed by atoms with Crippen LogP contribution in [-0.2, 0) is 17.3 Å². The summed E-state index contributed by atoms with van der Waals surface area (Å²) < 4.78 is 13.2. The second-order valence-corrected chi connectivity index (χ2v) is 5.57. The molecule has 0 aromatic carbocycles. The lowest BCUT2D eigenvalue weighted by Crippen LogP contribution is -2.37. The number of nitrogens with zero attached hydrogens (tertiary/aromatic N) is 2. The fourth-order valence-corrected chi connectivity index (χ4v) is 3.11. The zero-order valence-corrected chi connectivity index (χ0v) is 9.58. The van der Waals surface area contributed by atoms with Crippen molar-refractivity contribution in [2.24, 2.45) is 0 Å². The standard InChI is InChI=1S/C10H17N3OS/c14-15-7-1-10(2-8-15)12-4-6-13-5-3-11-9-13/h3,5,9-10,12H,1-2,4,6-8H2. The molecule has 0 spiro atoms. The second kappa shape index (κ2) is 5.42. The first-order valence-electron chi connectivity index (χ1n) is 5.39. The molecule has 0 bridgehead atoms. The van der Waals surface area contributed by atoms with Gasteiger partial charge in [-0.3, -0.25) is 4.21 Å². The van der Waals surface area contributed by atoms with Gasteiger partial charge in [0.05, 0.1) is 6.33 Å². The lowest BCUT2D eigenvalue weighted by atomic mass is 10.1. The number of rotatable bonds is 4. The average molecular weight is 227 g/mol. The van der Waals surface area contributed by atoms with Gasteiger partial charge in [0.15, 0.2) is 0 Å². The van der Waals surface area contributed by atoms with Gasteiger partial charge in [0.2, 0.25) is 0 Å². The van der Waals surface area contributed by atoms with Gasteiger partial charge in [-0.25, -0.2) is 4.98 Å². The van der Waals surface area contributed by atoms with Crippen molar-refractivity contribution < 1.29 is 4.21 Å². The Morgan fingerprint density at radius 3 is 2.93 bits per heavy atom. The SMILES string of the molecule is O=S1CCC(NCCn2ccnc2)CC1. The smallest absolute Gasteiger partial charge is 0.0946 e. The van der Waals surface area contributed by atoms with E-state index in [9.17, 15) is 4.21 Å². The summed E-state index contributed by atoms with van der Waals surface area (Å²) in [7, 11) is -0.551. The highest BCUT2D eigenvalue weighted by molar-refractivity contribution is 7.85. The largest absolute Gasteiger partial charge is 0.336 e. The minimum atomic E-state index is -0.551. The normalized spacial score (nSPS) is 26.7. The number of nitrogens with one attached hydrogen (secondary N) is 1. The van der Waals surface area contributed by atoms with Gasteiger partial charge in [-0.1, -0.05) is 0 Å². The van der Waals surface area contributed by atoms with Gasteiger partial charge in [0.25, 0.3) is 0 Å². The topological polar surface area (TPSA) is 46.9 Å². The summed E-state index contributed by atoms with van der Waals surface area (Å²) in [4.78, 5) is 3.99. The minimum absolute atomic E-state index is 0.551. The first kappa shape index (κ1) is 10.8. The summed E-state index contributed by atoms with van der Waals surface area (Å²) in [5.74, 6) is 1.73. The van der Waals surface area contributed by atoms with E-state index in [4.69, 9.17) is 0 Å². The molecule has 2 heterocycles. The monoisotopic (exact) mass is 227 g/mol. The summed E-state index contributed by atoms with van der Waals surface area (Å²) in [5, 5.41) is 3.50. The third-order valence-corrected chi connectivity index (χ3v) is 4.13. The lowest BCUT2D eigenvalue weighted by molar-refractivity contribution is 0.459. The Morgan fingerprint density at radius 1 is 1.47 bits per heavy atom. The maximum atomic E-state index is 11.1. The first-order chi connectivity index (χ1) is 7.34. The molecular weight excluding hydrogens is 210 g/mol. The predicted molar refractivity (Wildman–Crippen MR) is 61.1 cm³/mol. The van der Waals surface area contributed by atoms with Gasteiger partial charge in [-0.2, -0.15) is 0 Å². The second-order valence-electron chi connectivity index (χ2n) is 3.88. The molecule has 1 fully saturated rings. The number of hydrogen-bond acceptors (Lipinski definition) is 3. The quantitative estimate of drug-likeness (QED) is 0.809. The van der Waals surface area contributed by atoms with Gasteiger partial charge >= 0.3 is 0 Å². The van der Waals surface area contributed by atoms with Crippen LogP contribution >= 0.6 is 0 Å². The molecule has 0 amide bonds. The highest BCUT2D eigenvalue weighted by atomic mass is 32.2. The summed E-state index contributed by atoms with van der Waals surface area (Å²) in [5.41, 5.74) is 0. The molecular formula is C10H17N3OS. The molecule has 1 aliphatic heterocycles. The van der Waals surface area contributed by atoms with E-state index in [1.54, 1.807) is 6.20 Å². The Morgan fingerprint density at radius 2 is 2.27 bits per heavy atom. The van der Waals surface area contributed by atoms with Gasteiger partial charge in [-0.15, -0.1) is 0 Å². The summed E-state index contributed by atoms with van der Waals surface area (Å²) in [6.45, 7) is 1.92. The van der Waals surface area contributed by atoms with Gasteiger partial charge in [-0.05, 0) is 12.8 Å². The van der Waals surface area contributed by atoms with E-state index in [1.807, 2.05) is 12.5 Å². The summed E-state index contributed by atoms with van der Waals surface area (Å²) >= 11 is 0. The fraction of sp³-hybridized carbons (Fsp3) is 0.700. The van der Waals surface area contributed by atoms with Crippen LogP contribution in [0.5, 0.6) is 0 Å². The summed E-state index contributed by atoms with van der Waals surface area (Å²) in [6, 6.07) is 0.561. The molecule has 0 saturated carbocycles. The van der Waals surface area contributed by atoms with Crippen molar-refractivity contribution in [3.8, 4) is 0 Å². The van der Waals surface area contributed by atoms with Gasteiger partial charge in [0, 0.05) is 53.8 Å². The number of hydrogen-bond donors (Lipinski definition) is 1. The number of aromatic nitrogens is 2. The maximum absolute atomic E-state index is 11.1. The molecule has 0 aliphatic carbocycles.